The summed E-state index contributed by atoms with van der Waals surface area (Å²) in [6.07, 6.45) is 0. The molecular formula is C4H8ClN3O2. The predicted molar refractivity (Wildman–Crippen MR) is 37.0 cm³/mol. The average Bonchev–Trinajstić information content (AvgIpc) is 2.14. The van der Waals surface area contributed by atoms with Gasteiger partial charge in [-0.05, 0) is 6.92 Å². The van der Waals surface area contributed by atoms with Gasteiger partial charge in [-0.1, -0.05) is 5.16 Å². The van der Waals surface area contributed by atoms with Crippen molar-refractivity contribution >= 4 is 12.4 Å². The number of nitrogens with one attached hydrogen (secondary N) is 1. The van der Waals surface area contributed by atoms with E-state index < -0.39 is 5.76 Å². The molecule has 1 rings (SSSR count). The van der Waals surface area contributed by atoms with Crippen LogP contribution in [0, 0.1) is 0 Å². The summed E-state index contributed by atoms with van der Waals surface area (Å²) in [4.78, 5) is 12.6. The lowest BCUT2D eigenvalue weighted by Crippen LogP contribution is -2.08. The molecule has 0 saturated carbocycles. The van der Waals surface area contributed by atoms with Gasteiger partial charge in [0.05, 0.1) is 6.04 Å². The smallest absolute Gasteiger partial charge is 0.322 e. The van der Waals surface area contributed by atoms with Crippen LogP contribution in [-0.2, 0) is 0 Å². The van der Waals surface area contributed by atoms with Crippen LogP contribution < -0.4 is 11.5 Å². The van der Waals surface area contributed by atoms with Crippen molar-refractivity contribution in [2.45, 2.75) is 13.0 Å². The Bertz CT molecular complexity index is 241. The van der Waals surface area contributed by atoms with E-state index in [9.17, 15) is 4.79 Å². The van der Waals surface area contributed by atoms with E-state index in [0.717, 1.165) is 0 Å². The SMILES string of the molecule is CC(N)c1noc(=O)[nH]1.Cl. The Balaban J connectivity index is 0.000000810. The van der Waals surface area contributed by atoms with Crippen molar-refractivity contribution in [3.05, 3.63) is 16.4 Å². The van der Waals surface area contributed by atoms with Crippen LogP contribution >= 0.6 is 12.4 Å². The molecule has 5 nitrogen and oxygen atoms in total. The number of hydrogen-bond acceptors (Lipinski definition) is 4. The van der Waals surface area contributed by atoms with Gasteiger partial charge in [-0.25, -0.2) is 4.79 Å². The third-order valence-corrected chi connectivity index (χ3v) is 0.888. The molecule has 1 aromatic rings. The van der Waals surface area contributed by atoms with Crippen molar-refractivity contribution in [1.29, 1.82) is 0 Å². The Morgan fingerprint density at radius 3 is 2.60 bits per heavy atom. The fourth-order valence-corrected chi connectivity index (χ4v) is 0.438. The summed E-state index contributed by atoms with van der Waals surface area (Å²) in [7, 11) is 0. The summed E-state index contributed by atoms with van der Waals surface area (Å²) in [6.45, 7) is 1.70. The maximum atomic E-state index is 10.3. The number of hydrogen-bond donors (Lipinski definition) is 2. The largest absolute Gasteiger partial charge is 0.438 e. The van der Waals surface area contributed by atoms with Crippen LogP contribution in [0.1, 0.15) is 18.8 Å². The number of rotatable bonds is 1. The maximum Gasteiger partial charge on any atom is 0.438 e. The summed E-state index contributed by atoms with van der Waals surface area (Å²) in [6, 6.07) is -0.281. The van der Waals surface area contributed by atoms with Crippen molar-refractivity contribution in [3.8, 4) is 0 Å². The molecule has 0 bridgehead atoms. The molecule has 0 fully saturated rings. The van der Waals surface area contributed by atoms with Crippen LogP contribution in [0.4, 0.5) is 0 Å². The normalized spacial score (nSPS) is 12.2. The van der Waals surface area contributed by atoms with Crippen molar-refractivity contribution in [3.63, 3.8) is 0 Å². The minimum absolute atomic E-state index is 0. The van der Waals surface area contributed by atoms with Crippen LogP contribution in [0.25, 0.3) is 0 Å². The van der Waals surface area contributed by atoms with Crippen molar-refractivity contribution in [1.82, 2.24) is 10.1 Å². The molecule has 0 aliphatic rings. The van der Waals surface area contributed by atoms with Crippen molar-refractivity contribution in [2.75, 3.05) is 0 Å². The summed E-state index contributed by atoms with van der Waals surface area (Å²) < 4.78 is 4.18. The fourth-order valence-electron chi connectivity index (χ4n) is 0.438. The molecule has 0 radical (unpaired) electrons. The van der Waals surface area contributed by atoms with Crippen LogP contribution in [0.5, 0.6) is 0 Å². The maximum absolute atomic E-state index is 10.3. The minimum atomic E-state index is -0.567. The molecule has 0 saturated heterocycles. The highest BCUT2D eigenvalue weighted by Gasteiger charge is 2.03. The Labute approximate surface area is 63.0 Å². The Hall–Kier alpha value is -0.810. The van der Waals surface area contributed by atoms with E-state index in [4.69, 9.17) is 5.73 Å². The topological polar surface area (TPSA) is 84.9 Å². The lowest BCUT2D eigenvalue weighted by molar-refractivity contribution is 0.378. The molecule has 58 valence electrons. The monoisotopic (exact) mass is 165 g/mol. The molecule has 1 heterocycles. The lowest BCUT2D eigenvalue weighted by Gasteiger charge is -1.92. The average molecular weight is 166 g/mol. The number of aromatic amines is 1. The predicted octanol–water partition coefficient (Wildman–Crippen LogP) is -0.196. The van der Waals surface area contributed by atoms with Gasteiger partial charge in [0.2, 0.25) is 0 Å². The quantitative estimate of drug-likeness (QED) is 0.604. The molecule has 0 aliphatic heterocycles. The highest BCUT2D eigenvalue weighted by atomic mass is 35.5. The summed E-state index contributed by atoms with van der Waals surface area (Å²) in [5.74, 6) is -0.192. The van der Waals surface area contributed by atoms with Crippen LogP contribution in [0.2, 0.25) is 0 Å². The molecule has 0 amide bonds. The standard InChI is InChI=1S/C4H7N3O2.ClH/c1-2(5)3-6-4(8)9-7-3;/h2H,5H2,1H3,(H,6,7,8);1H. The van der Waals surface area contributed by atoms with Crippen LogP contribution in [-0.4, -0.2) is 10.1 Å². The zero-order chi connectivity index (χ0) is 6.85. The number of nitrogens with two attached hydrogens (primary N) is 1. The Morgan fingerprint density at radius 1 is 1.80 bits per heavy atom. The van der Waals surface area contributed by atoms with E-state index in [1.54, 1.807) is 6.92 Å². The van der Waals surface area contributed by atoms with E-state index >= 15 is 0 Å². The van der Waals surface area contributed by atoms with Gasteiger partial charge in [-0.15, -0.1) is 12.4 Å². The first-order valence-corrected chi connectivity index (χ1v) is 2.51. The minimum Gasteiger partial charge on any atom is -0.322 e. The second-order valence-corrected chi connectivity index (χ2v) is 1.77. The van der Waals surface area contributed by atoms with E-state index in [2.05, 4.69) is 14.7 Å². The van der Waals surface area contributed by atoms with Gasteiger partial charge in [0.1, 0.15) is 0 Å². The van der Waals surface area contributed by atoms with Gasteiger partial charge >= 0.3 is 5.76 Å². The second kappa shape index (κ2) is 3.38. The Morgan fingerprint density at radius 2 is 2.40 bits per heavy atom. The van der Waals surface area contributed by atoms with Gasteiger partial charge in [0, 0.05) is 0 Å². The first-order valence-electron chi connectivity index (χ1n) is 2.51. The molecule has 1 atom stereocenters. The molecule has 6 heteroatoms. The zero-order valence-corrected chi connectivity index (χ0v) is 6.14. The molecule has 1 unspecified atom stereocenters. The van der Waals surface area contributed by atoms with Gasteiger partial charge in [-0.2, -0.15) is 0 Å². The first kappa shape index (κ1) is 9.19. The summed E-state index contributed by atoms with van der Waals surface area (Å²) in [5.41, 5.74) is 5.33. The highest BCUT2D eigenvalue weighted by molar-refractivity contribution is 5.85. The van der Waals surface area contributed by atoms with Gasteiger partial charge in [0.25, 0.3) is 0 Å². The molecule has 0 spiro atoms. The summed E-state index contributed by atoms with van der Waals surface area (Å²) >= 11 is 0. The first-order chi connectivity index (χ1) is 4.20. The highest BCUT2D eigenvalue weighted by Crippen LogP contribution is 1.96. The fraction of sp³-hybridized carbons (Fsp3) is 0.500. The molecule has 1 aromatic heterocycles. The lowest BCUT2D eigenvalue weighted by atomic mass is 10.4. The molecule has 10 heavy (non-hydrogen) atoms. The van der Waals surface area contributed by atoms with E-state index in [0.29, 0.717) is 5.82 Å². The zero-order valence-electron chi connectivity index (χ0n) is 5.33. The van der Waals surface area contributed by atoms with Crippen LogP contribution in [0.15, 0.2) is 9.32 Å². The third kappa shape index (κ3) is 1.85. The summed E-state index contributed by atoms with van der Waals surface area (Å²) in [5, 5.41) is 3.35. The second-order valence-electron chi connectivity index (χ2n) is 1.77. The Kier molecular flexibility index (Phi) is 3.11. The van der Waals surface area contributed by atoms with E-state index in [1.807, 2.05) is 0 Å². The van der Waals surface area contributed by atoms with Crippen LogP contribution in [0.3, 0.4) is 0 Å². The molecule has 0 aliphatic carbocycles. The number of aromatic nitrogens is 2. The van der Waals surface area contributed by atoms with E-state index in [-0.39, 0.29) is 18.4 Å². The van der Waals surface area contributed by atoms with Crippen molar-refractivity contribution < 1.29 is 4.52 Å². The van der Waals surface area contributed by atoms with Gasteiger partial charge in [0.15, 0.2) is 5.82 Å². The number of halogens is 1. The van der Waals surface area contributed by atoms with Gasteiger partial charge < -0.3 is 5.73 Å². The number of nitrogens with zero attached hydrogens (tertiary/aromatic N) is 1. The van der Waals surface area contributed by atoms with Crippen molar-refractivity contribution in [2.24, 2.45) is 5.73 Å². The molecule has 3 N–H and O–H groups in total. The molecular weight excluding hydrogens is 158 g/mol. The number of H-pyrrole nitrogens is 1. The third-order valence-electron chi connectivity index (χ3n) is 0.888. The van der Waals surface area contributed by atoms with Gasteiger partial charge in [-0.3, -0.25) is 9.51 Å². The van der Waals surface area contributed by atoms with E-state index in [1.165, 1.54) is 0 Å². The molecule has 0 aromatic carbocycles.